The van der Waals surface area contributed by atoms with E-state index >= 15 is 0 Å². The summed E-state index contributed by atoms with van der Waals surface area (Å²) in [6, 6.07) is 9.73. The lowest BCUT2D eigenvalue weighted by molar-refractivity contribution is -0.137. The van der Waals surface area contributed by atoms with Gasteiger partial charge in [0, 0.05) is 10.2 Å². The minimum atomic E-state index is -4.41. The zero-order valence-electron chi connectivity index (χ0n) is 10.7. The van der Waals surface area contributed by atoms with Gasteiger partial charge in [0.25, 0.3) is 0 Å². The maximum atomic E-state index is 12.6. The van der Waals surface area contributed by atoms with Crippen molar-refractivity contribution in [1.29, 1.82) is 0 Å². The molecular weight excluding hydrogens is 367 g/mol. The lowest BCUT2D eigenvalue weighted by atomic mass is 10.1. The van der Waals surface area contributed by atoms with Gasteiger partial charge in [-0.3, -0.25) is 4.21 Å². The Morgan fingerprint density at radius 1 is 1.14 bits per heavy atom. The molecule has 1 atom stereocenters. The summed E-state index contributed by atoms with van der Waals surface area (Å²) in [7, 11) is -1.51. The van der Waals surface area contributed by atoms with Crippen LogP contribution < -0.4 is 5.73 Å². The van der Waals surface area contributed by atoms with Gasteiger partial charge in [0.05, 0.1) is 27.0 Å². The van der Waals surface area contributed by atoms with E-state index in [9.17, 15) is 17.4 Å². The third-order valence-corrected chi connectivity index (χ3v) is 4.71. The molecule has 21 heavy (non-hydrogen) atoms. The molecule has 7 heteroatoms. The Balaban J connectivity index is 2.26. The highest BCUT2D eigenvalue weighted by Gasteiger charge is 2.30. The number of hydrogen-bond acceptors (Lipinski definition) is 2. The Hall–Kier alpha value is -1.34. The van der Waals surface area contributed by atoms with Crippen molar-refractivity contribution in [2.24, 2.45) is 0 Å². The third kappa shape index (κ3) is 4.07. The molecule has 2 aromatic carbocycles. The second-order valence-electron chi connectivity index (χ2n) is 4.37. The zero-order chi connectivity index (χ0) is 15.6. The molecule has 2 N–H and O–H groups in total. The maximum Gasteiger partial charge on any atom is 0.416 e. The molecule has 2 aromatic rings. The minimum Gasteiger partial charge on any atom is -0.398 e. The Labute approximate surface area is 130 Å². The van der Waals surface area contributed by atoms with E-state index in [4.69, 9.17) is 5.73 Å². The van der Waals surface area contributed by atoms with Crippen molar-refractivity contribution in [3.05, 3.63) is 58.1 Å². The lowest BCUT2D eigenvalue weighted by Crippen LogP contribution is -2.06. The monoisotopic (exact) mass is 377 g/mol. The van der Waals surface area contributed by atoms with Crippen molar-refractivity contribution in [1.82, 2.24) is 0 Å². The molecular formula is C14H11BrF3NOS. The third-order valence-electron chi connectivity index (χ3n) is 2.77. The standard InChI is InChI=1S/C14H11BrF3NOS/c15-11-4-5-12(19)13(7-11)21(20)8-9-2-1-3-10(6-9)14(16,17)18/h1-7H,8,19H2. The fourth-order valence-electron chi connectivity index (χ4n) is 1.77. The largest absolute Gasteiger partial charge is 0.416 e. The van der Waals surface area contributed by atoms with Gasteiger partial charge in [-0.1, -0.05) is 34.1 Å². The fourth-order valence-corrected chi connectivity index (χ4v) is 3.51. The first-order valence-electron chi connectivity index (χ1n) is 5.87. The molecule has 112 valence electrons. The summed E-state index contributed by atoms with van der Waals surface area (Å²) < 4.78 is 50.9. The van der Waals surface area contributed by atoms with Crippen LogP contribution in [0, 0.1) is 0 Å². The second-order valence-corrected chi connectivity index (χ2v) is 6.71. The number of nitrogens with two attached hydrogens (primary N) is 1. The minimum absolute atomic E-state index is 0.0232. The van der Waals surface area contributed by atoms with E-state index in [2.05, 4.69) is 15.9 Å². The summed E-state index contributed by atoms with van der Waals surface area (Å²) in [6.45, 7) is 0. The number of anilines is 1. The molecule has 0 saturated heterocycles. The van der Waals surface area contributed by atoms with E-state index in [0.29, 0.717) is 20.6 Å². The van der Waals surface area contributed by atoms with Gasteiger partial charge in [0.2, 0.25) is 0 Å². The van der Waals surface area contributed by atoms with Crippen LogP contribution in [0.15, 0.2) is 51.8 Å². The molecule has 0 aliphatic heterocycles. The molecule has 0 spiro atoms. The first-order chi connectivity index (χ1) is 9.77. The van der Waals surface area contributed by atoms with Crippen LogP contribution >= 0.6 is 15.9 Å². The highest BCUT2D eigenvalue weighted by Crippen LogP contribution is 2.30. The SMILES string of the molecule is Nc1ccc(Br)cc1S(=O)Cc1cccc(C(F)(F)F)c1. The van der Waals surface area contributed by atoms with Crippen LogP contribution in [0.4, 0.5) is 18.9 Å². The normalized spacial score (nSPS) is 13.1. The van der Waals surface area contributed by atoms with E-state index in [1.807, 2.05) is 0 Å². The molecule has 0 aromatic heterocycles. The molecule has 0 heterocycles. The Kier molecular flexibility index (Phi) is 4.73. The van der Waals surface area contributed by atoms with Crippen molar-refractivity contribution in [3.63, 3.8) is 0 Å². The Morgan fingerprint density at radius 2 is 1.86 bits per heavy atom. The van der Waals surface area contributed by atoms with Gasteiger partial charge in [0.15, 0.2) is 0 Å². The first-order valence-corrected chi connectivity index (χ1v) is 7.98. The maximum absolute atomic E-state index is 12.6. The molecule has 0 fully saturated rings. The number of rotatable bonds is 3. The summed E-state index contributed by atoms with van der Waals surface area (Å²) in [5.74, 6) is -0.0232. The fraction of sp³-hybridized carbons (Fsp3) is 0.143. The van der Waals surface area contributed by atoms with Crippen LogP contribution in [0.5, 0.6) is 0 Å². The molecule has 2 nitrogen and oxygen atoms in total. The number of hydrogen-bond donors (Lipinski definition) is 1. The van der Waals surface area contributed by atoms with E-state index < -0.39 is 22.5 Å². The van der Waals surface area contributed by atoms with Crippen LogP contribution in [0.1, 0.15) is 11.1 Å². The molecule has 1 unspecified atom stereocenters. The smallest absolute Gasteiger partial charge is 0.398 e. The van der Waals surface area contributed by atoms with Crippen LogP contribution in [0.2, 0.25) is 0 Å². The molecule has 0 bridgehead atoms. The second kappa shape index (κ2) is 6.19. The number of nitrogen functional groups attached to an aromatic ring is 1. The van der Waals surface area contributed by atoms with Crippen molar-refractivity contribution in [2.75, 3.05) is 5.73 Å². The predicted molar refractivity (Wildman–Crippen MR) is 80.1 cm³/mol. The molecule has 0 aliphatic rings. The van der Waals surface area contributed by atoms with Crippen molar-refractivity contribution in [3.8, 4) is 0 Å². The van der Waals surface area contributed by atoms with Crippen LogP contribution in [0.25, 0.3) is 0 Å². The van der Waals surface area contributed by atoms with E-state index in [1.165, 1.54) is 12.1 Å². The van der Waals surface area contributed by atoms with Gasteiger partial charge in [-0.2, -0.15) is 13.2 Å². The molecule has 2 rings (SSSR count). The number of alkyl halides is 3. The van der Waals surface area contributed by atoms with Crippen LogP contribution in [-0.2, 0) is 22.7 Å². The quantitative estimate of drug-likeness (QED) is 0.807. The van der Waals surface area contributed by atoms with Crippen LogP contribution in [0.3, 0.4) is 0 Å². The van der Waals surface area contributed by atoms with Gasteiger partial charge in [-0.05, 0) is 29.8 Å². The van der Waals surface area contributed by atoms with Gasteiger partial charge >= 0.3 is 6.18 Å². The highest BCUT2D eigenvalue weighted by molar-refractivity contribution is 9.10. The zero-order valence-corrected chi connectivity index (χ0v) is 13.1. The number of benzene rings is 2. The lowest BCUT2D eigenvalue weighted by Gasteiger charge is -2.10. The van der Waals surface area contributed by atoms with Crippen molar-refractivity contribution in [2.45, 2.75) is 16.8 Å². The highest BCUT2D eigenvalue weighted by atomic mass is 79.9. The van der Waals surface area contributed by atoms with Gasteiger partial charge in [-0.25, -0.2) is 0 Å². The van der Waals surface area contributed by atoms with Crippen molar-refractivity contribution < 1.29 is 17.4 Å². The molecule has 0 aliphatic carbocycles. The van der Waals surface area contributed by atoms with Crippen molar-refractivity contribution >= 4 is 32.4 Å². The number of halogens is 4. The van der Waals surface area contributed by atoms with Gasteiger partial charge in [0.1, 0.15) is 0 Å². The topological polar surface area (TPSA) is 43.1 Å². The summed E-state index contributed by atoms with van der Waals surface area (Å²) in [5.41, 5.74) is 5.70. The predicted octanol–water partition coefficient (Wildman–Crippen LogP) is 4.36. The summed E-state index contributed by atoms with van der Waals surface area (Å²) in [5, 5.41) is 0. The van der Waals surface area contributed by atoms with E-state index in [0.717, 1.165) is 12.1 Å². The van der Waals surface area contributed by atoms with E-state index in [-0.39, 0.29) is 5.75 Å². The molecule has 0 radical (unpaired) electrons. The van der Waals surface area contributed by atoms with Crippen LogP contribution in [-0.4, -0.2) is 4.21 Å². The first kappa shape index (κ1) is 16.0. The Morgan fingerprint density at radius 3 is 2.52 bits per heavy atom. The summed E-state index contributed by atoms with van der Waals surface area (Å²) >= 11 is 3.25. The Bertz CT molecular complexity index is 688. The van der Waals surface area contributed by atoms with E-state index in [1.54, 1.807) is 18.2 Å². The van der Waals surface area contributed by atoms with Gasteiger partial charge in [-0.15, -0.1) is 0 Å². The average Bonchev–Trinajstić information content (AvgIpc) is 2.41. The van der Waals surface area contributed by atoms with Gasteiger partial charge < -0.3 is 5.73 Å². The summed E-state index contributed by atoms with van der Waals surface area (Å²) in [4.78, 5) is 0.404. The summed E-state index contributed by atoms with van der Waals surface area (Å²) in [6.07, 6.45) is -4.41. The average molecular weight is 378 g/mol. The molecule has 0 saturated carbocycles. The molecule has 0 amide bonds.